The Hall–Kier alpha value is -0.960. The van der Waals surface area contributed by atoms with Crippen LogP contribution in [0, 0.1) is 0 Å². The van der Waals surface area contributed by atoms with E-state index in [9.17, 15) is 4.79 Å². The number of unbranched alkanes of at least 4 members (excludes halogenated alkanes) is 5. The average molecular weight is 306 g/mol. The zero-order chi connectivity index (χ0) is 14.9. The van der Waals surface area contributed by atoms with E-state index in [1.807, 2.05) is 18.2 Å². The van der Waals surface area contributed by atoms with Crippen LogP contribution < -0.4 is 0 Å². The topological polar surface area (TPSA) is 26.3 Å². The predicted molar refractivity (Wildman–Crippen MR) is 88.6 cm³/mol. The van der Waals surface area contributed by atoms with Gasteiger partial charge in [-0.05, 0) is 25.0 Å². The third kappa shape index (κ3) is 5.74. The molecule has 2 nitrogen and oxygen atoms in total. The number of hydrogen-bond donors (Lipinski definition) is 0. The summed E-state index contributed by atoms with van der Waals surface area (Å²) in [4.78, 5) is 12.8. The molecule has 0 unspecified atom stereocenters. The van der Waals surface area contributed by atoms with Gasteiger partial charge in [0, 0.05) is 4.90 Å². The minimum atomic E-state index is -0.0283. The van der Waals surface area contributed by atoms with Crippen molar-refractivity contribution in [3.05, 3.63) is 30.3 Å². The van der Waals surface area contributed by atoms with Gasteiger partial charge in [-0.1, -0.05) is 57.2 Å². The molecule has 1 saturated heterocycles. The molecule has 1 heterocycles. The van der Waals surface area contributed by atoms with Crippen molar-refractivity contribution in [2.24, 2.45) is 0 Å². The molecular weight excluding hydrogens is 280 g/mol. The molecule has 1 aliphatic rings. The number of esters is 1. The molecule has 0 spiro atoms. The van der Waals surface area contributed by atoms with Crippen molar-refractivity contribution in [2.75, 3.05) is 0 Å². The maximum atomic E-state index is 11.6. The maximum absolute atomic E-state index is 11.6. The fourth-order valence-corrected chi connectivity index (χ4v) is 3.98. The van der Waals surface area contributed by atoms with Crippen LogP contribution in [0.5, 0.6) is 0 Å². The van der Waals surface area contributed by atoms with E-state index in [2.05, 4.69) is 19.1 Å². The summed E-state index contributed by atoms with van der Waals surface area (Å²) in [7, 11) is 0. The Labute approximate surface area is 132 Å². The van der Waals surface area contributed by atoms with Gasteiger partial charge < -0.3 is 4.74 Å². The number of ether oxygens (including phenoxy) is 1. The molecule has 0 radical (unpaired) electrons. The molecule has 0 bridgehead atoms. The van der Waals surface area contributed by atoms with Gasteiger partial charge in [-0.25, -0.2) is 0 Å². The maximum Gasteiger partial charge on any atom is 0.307 e. The van der Waals surface area contributed by atoms with Crippen molar-refractivity contribution in [3.63, 3.8) is 0 Å². The molecule has 2 atom stereocenters. The van der Waals surface area contributed by atoms with Gasteiger partial charge in [0.1, 0.15) is 6.10 Å². The zero-order valence-electron chi connectivity index (χ0n) is 12.9. The lowest BCUT2D eigenvalue weighted by atomic mass is 10.1. The molecule has 3 heteroatoms. The standard InChI is InChI=1S/C18H26O2S/c1-2-3-4-5-6-10-13-16-17(14-18(19)20-16)21-15-11-8-7-9-12-15/h7-9,11-12,16-17H,2-6,10,13-14H2,1H3/t16-,17+/m0/s1. The first-order valence-electron chi connectivity index (χ1n) is 8.20. The lowest BCUT2D eigenvalue weighted by molar-refractivity contribution is -0.141. The molecule has 0 saturated carbocycles. The van der Waals surface area contributed by atoms with Crippen LogP contribution in [0.25, 0.3) is 0 Å². The van der Waals surface area contributed by atoms with Crippen LogP contribution in [0.3, 0.4) is 0 Å². The van der Waals surface area contributed by atoms with Gasteiger partial charge >= 0.3 is 5.97 Å². The molecule has 2 rings (SSSR count). The predicted octanol–water partition coefficient (Wildman–Crippen LogP) is 5.21. The lowest BCUT2D eigenvalue weighted by Crippen LogP contribution is -2.18. The van der Waals surface area contributed by atoms with Crippen LogP contribution in [0.2, 0.25) is 0 Å². The van der Waals surface area contributed by atoms with Crippen molar-refractivity contribution in [1.82, 2.24) is 0 Å². The van der Waals surface area contributed by atoms with Crippen LogP contribution >= 0.6 is 11.8 Å². The first-order valence-corrected chi connectivity index (χ1v) is 9.08. The Morgan fingerprint density at radius 3 is 2.57 bits per heavy atom. The van der Waals surface area contributed by atoms with E-state index in [1.165, 1.54) is 43.4 Å². The van der Waals surface area contributed by atoms with Crippen LogP contribution in [0.4, 0.5) is 0 Å². The van der Waals surface area contributed by atoms with E-state index in [1.54, 1.807) is 11.8 Å². The van der Waals surface area contributed by atoms with Gasteiger partial charge in [-0.3, -0.25) is 4.79 Å². The largest absolute Gasteiger partial charge is 0.461 e. The Morgan fingerprint density at radius 1 is 1.10 bits per heavy atom. The van der Waals surface area contributed by atoms with Crippen LogP contribution in [0.1, 0.15) is 58.3 Å². The highest BCUT2D eigenvalue weighted by atomic mass is 32.2. The Bertz CT molecular complexity index is 418. The van der Waals surface area contributed by atoms with Crippen molar-refractivity contribution in [3.8, 4) is 0 Å². The van der Waals surface area contributed by atoms with Gasteiger partial charge in [-0.15, -0.1) is 11.8 Å². The molecule has 1 aromatic carbocycles. The number of rotatable bonds is 9. The number of thioether (sulfide) groups is 1. The third-order valence-electron chi connectivity index (χ3n) is 3.94. The van der Waals surface area contributed by atoms with E-state index >= 15 is 0 Å². The monoisotopic (exact) mass is 306 g/mol. The SMILES string of the molecule is CCCCCCCC[C@@H]1OC(=O)C[C@H]1Sc1ccccc1. The van der Waals surface area contributed by atoms with E-state index in [-0.39, 0.29) is 17.3 Å². The summed E-state index contributed by atoms with van der Waals surface area (Å²) >= 11 is 1.79. The van der Waals surface area contributed by atoms with Gasteiger partial charge in [0.25, 0.3) is 0 Å². The van der Waals surface area contributed by atoms with Crippen LogP contribution in [-0.4, -0.2) is 17.3 Å². The molecular formula is C18H26O2S. The van der Waals surface area contributed by atoms with E-state index in [0.717, 1.165) is 6.42 Å². The number of hydrogen-bond acceptors (Lipinski definition) is 3. The number of benzene rings is 1. The highest BCUT2D eigenvalue weighted by Crippen LogP contribution is 2.35. The second-order valence-electron chi connectivity index (χ2n) is 5.76. The summed E-state index contributed by atoms with van der Waals surface area (Å²) in [6.45, 7) is 2.24. The van der Waals surface area contributed by atoms with Crippen molar-refractivity contribution in [1.29, 1.82) is 0 Å². The summed E-state index contributed by atoms with van der Waals surface area (Å²) in [5.41, 5.74) is 0. The van der Waals surface area contributed by atoms with E-state index in [0.29, 0.717) is 6.42 Å². The molecule has 1 fully saturated rings. The van der Waals surface area contributed by atoms with Crippen LogP contribution in [-0.2, 0) is 9.53 Å². The average Bonchev–Trinajstić information content (AvgIpc) is 2.83. The lowest BCUT2D eigenvalue weighted by Gasteiger charge is -2.17. The second kappa shape index (κ2) is 9.14. The van der Waals surface area contributed by atoms with Crippen molar-refractivity contribution < 1.29 is 9.53 Å². The molecule has 0 N–H and O–H groups in total. The molecule has 0 aliphatic carbocycles. The number of cyclic esters (lactones) is 1. The summed E-state index contributed by atoms with van der Waals surface area (Å²) in [5.74, 6) is -0.0283. The highest BCUT2D eigenvalue weighted by Gasteiger charge is 2.34. The third-order valence-corrected chi connectivity index (χ3v) is 5.26. The molecule has 116 valence electrons. The van der Waals surface area contributed by atoms with Gasteiger partial charge in [0.15, 0.2) is 0 Å². The minimum Gasteiger partial charge on any atom is -0.461 e. The summed E-state index contributed by atoms with van der Waals surface area (Å²) in [6, 6.07) is 10.3. The van der Waals surface area contributed by atoms with Gasteiger partial charge in [-0.2, -0.15) is 0 Å². The zero-order valence-corrected chi connectivity index (χ0v) is 13.7. The minimum absolute atomic E-state index is 0.0283. The first-order chi connectivity index (χ1) is 10.3. The molecule has 1 aromatic rings. The molecule has 0 aromatic heterocycles. The summed E-state index contributed by atoms with van der Waals surface area (Å²) in [6.07, 6.45) is 9.38. The number of carbonyl (C=O) groups excluding carboxylic acids is 1. The molecule has 1 aliphatic heterocycles. The van der Waals surface area contributed by atoms with Gasteiger partial charge in [0.05, 0.1) is 11.7 Å². The quantitative estimate of drug-likeness (QED) is 0.462. The normalized spacial score (nSPS) is 21.5. The first kappa shape index (κ1) is 16.4. The smallest absolute Gasteiger partial charge is 0.307 e. The van der Waals surface area contributed by atoms with Gasteiger partial charge in [0.2, 0.25) is 0 Å². The fourth-order valence-electron chi connectivity index (χ4n) is 2.75. The van der Waals surface area contributed by atoms with Crippen LogP contribution in [0.15, 0.2) is 35.2 Å². The Balaban J connectivity index is 1.73. The van der Waals surface area contributed by atoms with E-state index < -0.39 is 0 Å². The fraction of sp³-hybridized carbons (Fsp3) is 0.611. The Kier molecular flexibility index (Phi) is 7.14. The van der Waals surface area contributed by atoms with Crippen molar-refractivity contribution >= 4 is 17.7 Å². The second-order valence-corrected chi connectivity index (χ2v) is 7.07. The number of carbonyl (C=O) groups is 1. The van der Waals surface area contributed by atoms with E-state index in [4.69, 9.17) is 4.74 Å². The summed E-state index contributed by atoms with van der Waals surface area (Å²) < 4.78 is 5.51. The van der Waals surface area contributed by atoms with Crippen molar-refractivity contribution in [2.45, 2.75) is 74.5 Å². The molecule has 0 amide bonds. The summed E-state index contributed by atoms with van der Waals surface area (Å²) in [5, 5.41) is 0.288. The molecule has 21 heavy (non-hydrogen) atoms. The Morgan fingerprint density at radius 2 is 1.81 bits per heavy atom. The highest BCUT2D eigenvalue weighted by molar-refractivity contribution is 8.00.